The summed E-state index contributed by atoms with van der Waals surface area (Å²) < 4.78 is 11.6. The van der Waals surface area contributed by atoms with E-state index in [-0.39, 0.29) is 11.8 Å². The Morgan fingerprint density at radius 2 is 1.76 bits per heavy atom. The molecule has 0 saturated carbocycles. The van der Waals surface area contributed by atoms with Gasteiger partial charge in [0.25, 0.3) is 0 Å². The number of amides is 1. The van der Waals surface area contributed by atoms with Crippen molar-refractivity contribution in [1.82, 2.24) is 9.88 Å². The van der Waals surface area contributed by atoms with Gasteiger partial charge in [-0.1, -0.05) is 55.5 Å². The average Bonchev–Trinajstić information content (AvgIpc) is 3.32. The molecule has 34 heavy (non-hydrogen) atoms. The quantitative estimate of drug-likeness (QED) is 0.378. The Bertz CT molecular complexity index is 1260. The number of morpholine rings is 1. The summed E-state index contributed by atoms with van der Waals surface area (Å²) >= 11 is 0. The van der Waals surface area contributed by atoms with Gasteiger partial charge in [0.15, 0.2) is 0 Å². The van der Waals surface area contributed by atoms with Crippen LogP contribution in [-0.2, 0) is 16.0 Å². The zero-order chi connectivity index (χ0) is 23.3. The summed E-state index contributed by atoms with van der Waals surface area (Å²) in [5.41, 5.74) is 4.64. The number of fused-ring (bicyclic) bond motifs is 1. The molecule has 1 amide bonds. The second-order valence-corrected chi connectivity index (χ2v) is 8.67. The molecule has 5 heteroatoms. The van der Waals surface area contributed by atoms with Crippen LogP contribution in [-0.4, -0.2) is 42.1 Å². The van der Waals surface area contributed by atoms with E-state index in [9.17, 15) is 4.79 Å². The average molecular weight is 455 g/mol. The smallest absolute Gasteiger partial charge is 0.223 e. The first kappa shape index (κ1) is 22.2. The number of carbonyl (C=O) groups excluding carboxylic acids is 1. The lowest BCUT2D eigenvalue weighted by Gasteiger charge is -2.29. The molecule has 2 heterocycles. The van der Waals surface area contributed by atoms with Gasteiger partial charge in [-0.15, -0.1) is 0 Å². The molecule has 0 spiro atoms. The molecule has 0 radical (unpaired) electrons. The van der Waals surface area contributed by atoms with Gasteiger partial charge in [-0.3, -0.25) is 4.79 Å². The Kier molecular flexibility index (Phi) is 6.63. The number of rotatable bonds is 7. The van der Waals surface area contributed by atoms with Crippen molar-refractivity contribution < 1.29 is 14.3 Å². The topological polar surface area (TPSA) is 54.6 Å². The van der Waals surface area contributed by atoms with Crippen molar-refractivity contribution in [1.29, 1.82) is 0 Å². The maximum Gasteiger partial charge on any atom is 0.223 e. The molecule has 1 N–H and O–H groups in total. The van der Waals surface area contributed by atoms with Crippen molar-refractivity contribution in [2.24, 2.45) is 0 Å². The Hall–Kier alpha value is -3.57. The minimum absolute atomic E-state index is 0.0875. The van der Waals surface area contributed by atoms with Crippen LogP contribution < -0.4 is 4.74 Å². The summed E-state index contributed by atoms with van der Waals surface area (Å²) in [6.07, 6.45) is 3.43. The number of aromatic amines is 1. The van der Waals surface area contributed by atoms with Gasteiger partial charge in [-0.25, -0.2) is 0 Å². The third kappa shape index (κ3) is 4.70. The molecule has 1 saturated heterocycles. The first-order chi connectivity index (χ1) is 16.7. The molecule has 1 aromatic heterocycles. The molecule has 1 aliphatic heterocycles. The van der Waals surface area contributed by atoms with Crippen molar-refractivity contribution in [3.05, 3.63) is 95.7 Å². The molecular formula is C29H30N2O3. The molecule has 0 bridgehead atoms. The van der Waals surface area contributed by atoms with Crippen molar-refractivity contribution in [3.8, 4) is 11.5 Å². The van der Waals surface area contributed by atoms with Gasteiger partial charge >= 0.3 is 0 Å². The maximum atomic E-state index is 13.3. The molecule has 1 unspecified atom stereocenters. The fourth-order valence-corrected chi connectivity index (χ4v) is 4.76. The number of nitrogens with one attached hydrogen (secondary N) is 1. The van der Waals surface area contributed by atoms with Crippen molar-refractivity contribution >= 4 is 16.8 Å². The van der Waals surface area contributed by atoms with E-state index < -0.39 is 0 Å². The van der Waals surface area contributed by atoms with E-state index in [0.717, 1.165) is 34.6 Å². The van der Waals surface area contributed by atoms with Crippen LogP contribution in [0.25, 0.3) is 10.9 Å². The third-order valence-electron chi connectivity index (χ3n) is 6.57. The highest BCUT2D eigenvalue weighted by molar-refractivity contribution is 5.88. The summed E-state index contributed by atoms with van der Waals surface area (Å²) in [4.78, 5) is 18.8. The van der Waals surface area contributed by atoms with Crippen LogP contribution in [0.4, 0.5) is 0 Å². The van der Waals surface area contributed by atoms with E-state index in [2.05, 4.69) is 48.4 Å². The summed E-state index contributed by atoms with van der Waals surface area (Å²) in [5.74, 6) is 1.63. The summed E-state index contributed by atoms with van der Waals surface area (Å²) in [5, 5.41) is 1.17. The second kappa shape index (κ2) is 10.1. The number of hydrogen-bond donors (Lipinski definition) is 1. The Balaban J connectivity index is 1.52. The molecule has 0 aliphatic carbocycles. The SMILES string of the molecule is CCc1cccc2c(C(CC(=O)N3CCOCC3)c3cccc(Oc4ccccc4)c3)c[nH]c12. The molecule has 1 fully saturated rings. The summed E-state index contributed by atoms with van der Waals surface area (Å²) in [6, 6.07) is 24.3. The number of aromatic nitrogens is 1. The zero-order valence-electron chi connectivity index (χ0n) is 19.5. The van der Waals surface area contributed by atoms with Gasteiger partial charge in [-0.2, -0.15) is 0 Å². The van der Waals surface area contributed by atoms with Gasteiger partial charge in [0.2, 0.25) is 5.91 Å². The van der Waals surface area contributed by atoms with Crippen LogP contribution in [0, 0.1) is 0 Å². The van der Waals surface area contributed by atoms with Gasteiger partial charge in [-0.05, 0) is 47.4 Å². The molecule has 5 nitrogen and oxygen atoms in total. The largest absolute Gasteiger partial charge is 0.457 e. The minimum Gasteiger partial charge on any atom is -0.457 e. The normalized spacial score (nSPS) is 14.8. The lowest BCUT2D eigenvalue weighted by atomic mass is 9.87. The van der Waals surface area contributed by atoms with E-state index in [4.69, 9.17) is 9.47 Å². The highest BCUT2D eigenvalue weighted by Crippen LogP contribution is 2.37. The predicted octanol–water partition coefficient (Wildman–Crippen LogP) is 5.90. The van der Waals surface area contributed by atoms with Crippen LogP contribution in [0.15, 0.2) is 79.0 Å². The molecule has 4 aromatic rings. The molecular weight excluding hydrogens is 424 g/mol. The number of hydrogen-bond acceptors (Lipinski definition) is 3. The number of carbonyl (C=O) groups is 1. The molecule has 1 atom stereocenters. The fraction of sp³-hybridized carbons (Fsp3) is 0.276. The van der Waals surface area contributed by atoms with E-state index in [1.165, 1.54) is 10.9 Å². The number of H-pyrrole nitrogens is 1. The first-order valence-electron chi connectivity index (χ1n) is 12.0. The van der Waals surface area contributed by atoms with Gasteiger partial charge in [0.05, 0.1) is 13.2 Å². The molecule has 1 aliphatic rings. The molecule has 3 aromatic carbocycles. The van der Waals surface area contributed by atoms with E-state index in [1.807, 2.05) is 47.4 Å². The number of para-hydroxylation sites is 2. The van der Waals surface area contributed by atoms with Gasteiger partial charge in [0.1, 0.15) is 11.5 Å². The van der Waals surface area contributed by atoms with Crippen molar-refractivity contribution in [2.75, 3.05) is 26.3 Å². The van der Waals surface area contributed by atoms with E-state index >= 15 is 0 Å². The zero-order valence-corrected chi connectivity index (χ0v) is 19.5. The Morgan fingerprint density at radius 1 is 1.00 bits per heavy atom. The maximum absolute atomic E-state index is 13.3. The van der Waals surface area contributed by atoms with Crippen molar-refractivity contribution in [3.63, 3.8) is 0 Å². The van der Waals surface area contributed by atoms with Crippen molar-refractivity contribution in [2.45, 2.75) is 25.7 Å². The van der Waals surface area contributed by atoms with Crippen LogP contribution in [0.1, 0.15) is 36.0 Å². The number of aryl methyl sites for hydroxylation is 1. The Labute approximate surface area is 200 Å². The molecule has 174 valence electrons. The fourth-order valence-electron chi connectivity index (χ4n) is 4.76. The summed E-state index contributed by atoms with van der Waals surface area (Å²) in [6.45, 7) is 4.67. The van der Waals surface area contributed by atoms with Crippen LogP contribution in [0.5, 0.6) is 11.5 Å². The summed E-state index contributed by atoms with van der Waals surface area (Å²) in [7, 11) is 0. The van der Waals surface area contributed by atoms with Crippen LogP contribution >= 0.6 is 0 Å². The molecule has 5 rings (SSSR count). The van der Waals surface area contributed by atoms with Gasteiger partial charge < -0.3 is 19.4 Å². The van der Waals surface area contributed by atoms with Crippen LogP contribution in [0.2, 0.25) is 0 Å². The highest BCUT2D eigenvalue weighted by atomic mass is 16.5. The number of ether oxygens (including phenoxy) is 2. The van der Waals surface area contributed by atoms with Gasteiger partial charge in [0, 0.05) is 42.5 Å². The first-order valence-corrected chi connectivity index (χ1v) is 12.0. The Morgan fingerprint density at radius 3 is 2.56 bits per heavy atom. The highest BCUT2D eigenvalue weighted by Gasteiger charge is 2.26. The number of benzene rings is 3. The predicted molar refractivity (Wildman–Crippen MR) is 134 cm³/mol. The second-order valence-electron chi connectivity index (χ2n) is 8.67. The van der Waals surface area contributed by atoms with Crippen LogP contribution in [0.3, 0.4) is 0 Å². The monoisotopic (exact) mass is 454 g/mol. The number of nitrogens with zero attached hydrogens (tertiary/aromatic N) is 1. The minimum atomic E-state index is -0.0875. The standard InChI is InChI=1S/C29H30N2O3/c1-2-21-8-7-13-25-27(20-30-29(21)25)26(19-28(32)31-14-16-33-17-15-31)22-9-6-12-24(18-22)34-23-10-4-3-5-11-23/h3-13,18,20,26,30H,2,14-17,19H2,1H3. The lowest BCUT2D eigenvalue weighted by molar-refractivity contribution is -0.135. The van der Waals surface area contributed by atoms with E-state index in [0.29, 0.717) is 32.7 Å². The van der Waals surface area contributed by atoms with E-state index in [1.54, 1.807) is 0 Å². The lowest BCUT2D eigenvalue weighted by Crippen LogP contribution is -2.41. The third-order valence-corrected chi connectivity index (χ3v) is 6.57.